The Labute approximate surface area is 74.9 Å². The molecule has 0 bridgehead atoms. The Kier molecular flexibility index (Phi) is 4.24. The number of rotatable bonds is 4. The van der Waals surface area contributed by atoms with Crippen LogP contribution in [0.1, 0.15) is 20.3 Å². The van der Waals surface area contributed by atoms with Crippen molar-refractivity contribution < 1.29 is 14.0 Å². The monoisotopic (exact) mass is 174 g/mol. The summed E-state index contributed by atoms with van der Waals surface area (Å²) in [6.45, 7) is 4.32. The molecule has 0 aromatic heterocycles. The van der Waals surface area contributed by atoms with E-state index < -0.39 is 0 Å². The summed E-state index contributed by atoms with van der Waals surface area (Å²) >= 11 is 0. The van der Waals surface area contributed by atoms with Gasteiger partial charge in [0.05, 0.1) is 27.1 Å². The van der Waals surface area contributed by atoms with Crippen LogP contribution in [0.15, 0.2) is 0 Å². The first-order chi connectivity index (χ1) is 5.37. The molecule has 0 aromatic carbocycles. The van der Waals surface area contributed by atoms with Crippen molar-refractivity contribution in [3.8, 4) is 0 Å². The lowest BCUT2D eigenvalue weighted by Crippen LogP contribution is -2.38. The summed E-state index contributed by atoms with van der Waals surface area (Å²) in [6.07, 6.45) is 0.843. The third-order valence-corrected chi connectivity index (χ3v) is 1.61. The van der Waals surface area contributed by atoms with E-state index in [0.29, 0.717) is 11.2 Å². The Balaban J connectivity index is 3.72. The van der Waals surface area contributed by atoms with Crippen molar-refractivity contribution in [2.75, 3.05) is 27.9 Å². The van der Waals surface area contributed by atoms with Gasteiger partial charge in [-0.05, 0) is 6.42 Å². The van der Waals surface area contributed by atoms with Gasteiger partial charge in [-0.15, -0.1) is 0 Å². The summed E-state index contributed by atoms with van der Waals surface area (Å²) in [7, 11) is 5.97. The Morgan fingerprint density at radius 3 is 2.25 bits per heavy atom. The smallest absolute Gasteiger partial charge is 0.312 e. The molecule has 0 fully saturated rings. The van der Waals surface area contributed by atoms with Gasteiger partial charge in [-0.25, -0.2) is 0 Å². The van der Waals surface area contributed by atoms with E-state index in [2.05, 4.69) is 0 Å². The van der Waals surface area contributed by atoms with Crippen LogP contribution in [0, 0.1) is 5.92 Å². The predicted octanol–water partition coefficient (Wildman–Crippen LogP) is 1.24. The van der Waals surface area contributed by atoms with E-state index in [1.807, 2.05) is 35.0 Å². The van der Waals surface area contributed by atoms with Crippen molar-refractivity contribution in [3.05, 3.63) is 0 Å². The van der Waals surface area contributed by atoms with E-state index >= 15 is 0 Å². The van der Waals surface area contributed by atoms with E-state index in [1.54, 1.807) is 0 Å². The summed E-state index contributed by atoms with van der Waals surface area (Å²) in [4.78, 5) is 11.2. The van der Waals surface area contributed by atoms with E-state index in [9.17, 15) is 4.79 Å². The highest BCUT2D eigenvalue weighted by Gasteiger charge is 2.15. The first-order valence-corrected chi connectivity index (χ1v) is 4.34. The summed E-state index contributed by atoms with van der Waals surface area (Å²) < 4.78 is 5.75. The number of esters is 1. The van der Waals surface area contributed by atoms with Gasteiger partial charge in [-0.3, -0.25) is 9.28 Å². The van der Waals surface area contributed by atoms with Crippen LogP contribution in [-0.4, -0.2) is 38.3 Å². The highest BCUT2D eigenvalue weighted by atomic mass is 16.5. The zero-order valence-electron chi connectivity index (χ0n) is 8.76. The number of carbonyl (C=O) groups excluding carboxylic acids is 1. The second-order valence-corrected chi connectivity index (χ2v) is 4.19. The highest BCUT2D eigenvalue weighted by molar-refractivity contribution is 5.71. The second kappa shape index (κ2) is 4.45. The zero-order valence-corrected chi connectivity index (χ0v) is 8.76. The van der Waals surface area contributed by atoms with Gasteiger partial charge in [0, 0.05) is 0 Å². The van der Waals surface area contributed by atoms with E-state index in [-0.39, 0.29) is 11.9 Å². The van der Waals surface area contributed by atoms with E-state index in [1.165, 1.54) is 0 Å². The molecule has 0 radical (unpaired) electrons. The molecule has 0 amide bonds. The molecule has 1 unspecified atom stereocenters. The molecule has 0 heterocycles. The number of hydrogen-bond acceptors (Lipinski definition) is 2. The van der Waals surface area contributed by atoms with Crippen molar-refractivity contribution in [1.82, 2.24) is 0 Å². The minimum Gasteiger partial charge on any atom is -0.415 e. The van der Waals surface area contributed by atoms with Gasteiger partial charge >= 0.3 is 5.97 Å². The van der Waals surface area contributed by atoms with Gasteiger partial charge in [0.15, 0.2) is 0 Å². The van der Waals surface area contributed by atoms with Crippen LogP contribution < -0.4 is 0 Å². The first kappa shape index (κ1) is 11.4. The fourth-order valence-corrected chi connectivity index (χ4v) is 0.566. The second-order valence-electron chi connectivity index (χ2n) is 4.19. The fourth-order valence-electron chi connectivity index (χ4n) is 0.566. The van der Waals surface area contributed by atoms with Crippen molar-refractivity contribution in [2.45, 2.75) is 20.3 Å². The number of hydrogen-bond donors (Lipinski definition) is 0. The Hall–Kier alpha value is -0.570. The lowest BCUT2D eigenvalue weighted by Gasteiger charge is -2.23. The summed E-state index contributed by atoms with van der Waals surface area (Å²) in [5.41, 5.74) is 0. The third-order valence-electron chi connectivity index (χ3n) is 1.61. The highest BCUT2D eigenvalue weighted by Crippen LogP contribution is 2.04. The molecule has 12 heavy (non-hydrogen) atoms. The van der Waals surface area contributed by atoms with Crippen molar-refractivity contribution in [3.63, 3.8) is 0 Å². The van der Waals surface area contributed by atoms with Gasteiger partial charge < -0.3 is 4.74 Å². The van der Waals surface area contributed by atoms with Gasteiger partial charge in [0.25, 0.3) is 0 Å². The van der Waals surface area contributed by atoms with Crippen LogP contribution in [0.25, 0.3) is 0 Å². The van der Waals surface area contributed by atoms with Crippen LogP contribution in [0.5, 0.6) is 0 Å². The molecule has 0 saturated heterocycles. The largest absolute Gasteiger partial charge is 0.415 e. The minimum atomic E-state index is -0.0921. The zero-order chi connectivity index (χ0) is 9.78. The van der Waals surface area contributed by atoms with Crippen LogP contribution in [0.2, 0.25) is 0 Å². The normalized spacial score (nSPS) is 14.1. The molecular weight excluding hydrogens is 154 g/mol. The summed E-state index contributed by atoms with van der Waals surface area (Å²) in [5.74, 6) is -0.0675. The molecular formula is C9H20NO2+. The molecule has 1 atom stereocenters. The first-order valence-electron chi connectivity index (χ1n) is 4.34. The Morgan fingerprint density at radius 1 is 1.42 bits per heavy atom. The number of carbonyl (C=O) groups is 1. The van der Waals surface area contributed by atoms with Crippen LogP contribution in [0.4, 0.5) is 0 Å². The molecule has 3 heteroatoms. The van der Waals surface area contributed by atoms with Gasteiger partial charge in [0.1, 0.15) is 0 Å². The Morgan fingerprint density at radius 2 is 1.92 bits per heavy atom. The quantitative estimate of drug-likeness (QED) is 0.364. The topological polar surface area (TPSA) is 26.3 Å². The van der Waals surface area contributed by atoms with Gasteiger partial charge in [-0.2, -0.15) is 0 Å². The molecule has 0 aliphatic carbocycles. The Bertz CT molecular complexity index is 149. The maximum atomic E-state index is 11.2. The average Bonchev–Trinajstić information content (AvgIpc) is 1.97. The van der Waals surface area contributed by atoms with Crippen LogP contribution in [0.3, 0.4) is 0 Å². The minimum absolute atomic E-state index is 0.0246. The predicted molar refractivity (Wildman–Crippen MR) is 48.4 cm³/mol. The van der Waals surface area contributed by atoms with Crippen LogP contribution in [-0.2, 0) is 9.53 Å². The maximum absolute atomic E-state index is 11.2. The number of nitrogens with zero attached hydrogens (tertiary/aromatic N) is 1. The molecule has 72 valence electrons. The van der Waals surface area contributed by atoms with Crippen molar-refractivity contribution in [2.24, 2.45) is 5.92 Å². The standard InChI is InChI=1S/C9H20NO2/c1-6-8(2)9(11)12-7-10(3,4)5/h8H,6-7H2,1-5H3/q+1. The molecule has 0 N–H and O–H groups in total. The molecule has 3 nitrogen and oxygen atoms in total. The van der Waals surface area contributed by atoms with Crippen molar-refractivity contribution in [1.29, 1.82) is 0 Å². The van der Waals surface area contributed by atoms with Crippen LogP contribution >= 0.6 is 0 Å². The molecule has 0 rings (SSSR count). The average molecular weight is 174 g/mol. The lowest BCUT2D eigenvalue weighted by atomic mass is 10.1. The molecule has 0 spiro atoms. The fraction of sp³-hybridized carbons (Fsp3) is 0.889. The third kappa shape index (κ3) is 5.13. The van der Waals surface area contributed by atoms with Crippen molar-refractivity contribution >= 4 is 5.97 Å². The summed E-state index contributed by atoms with van der Waals surface area (Å²) in [6, 6.07) is 0. The number of quaternary nitrogens is 1. The van der Waals surface area contributed by atoms with E-state index in [0.717, 1.165) is 6.42 Å². The van der Waals surface area contributed by atoms with Gasteiger partial charge in [0.2, 0.25) is 6.73 Å². The van der Waals surface area contributed by atoms with E-state index in [4.69, 9.17) is 4.74 Å². The SMILES string of the molecule is CCC(C)C(=O)OC[N+](C)(C)C. The molecule has 0 aliphatic heterocycles. The summed E-state index contributed by atoms with van der Waals surface area (Å²) in [5, 5.41) is 0. The maximum Gasteiger partial charge on any atom is 0.312 e. The lowest BCUT2D eigenvalue weighted by molar-refractivity contribution is -0.888. The molecule has 0 saturated carbocycles. The van der Waals surface area contributed by atoms with Gasteiger partial charge in [-0.1, -0.05) is 13.8 Å². The number of ether oxygens (including phenoxy) is 1. The molecule has 0 aliphatic rings. The molecule has 0 aromatic rings.